The average molecular weight is 288 g/mol. The Kier molecular flexibility index (Phi) is 5.53. The summed E-state index contributed by atoms with van der Waals surface area (Å²) in [7, 11) is 0. The van der Waals surface area contributed by atoms with E-state index in [1.54, 1.807) is 0 Å². The van der Waals surface area contributed by atoms with Gasteiger partial charge in [0.05, 0.1) is 6.61 Å². The predicted octanol–water partition coefficient (Wildman–Crippen LogP) is 2.98. The minimum atomic E-state index is 0.847. The van der Waals surface area contributed by atoms with Crippen molar-refractivity contribution < 1.29 is 4.74 Å². The van der Waals surface area contributed by atoms with Gasteiger partial charge >= 0.3 is 0 Å². The maximum Gasteiger partial charge on any atom is 0.119 e. The van der Waals surface area contributed by atoms with Gasteiger partial charge in [0.15, 0.2) is 0 Å². The Hall–Kier alpha value is -1.06. The molecule has 2 heterocycles. The zero-order chi connectivity index (χ0) is 14.3. The normalized spacial score (nSPS) is 19.2. The summed E-state index contributed by atoms with van der Waals surface area (Å²) in [5.74, 6) is 1.04. The number of nitrogens with one attached hydrogen (secondary N) is 1. The van der Waals surface area contributed by atoms with Gasteiger partial charge in [0.1, 0.15) is 5.75 Å². The van der Waals surface area contributed by atoms with Crippen LogP contribution in [0.3, 0.4) is 0 Å². The van der Waals surface area contributed by atoms with Gasteiger partial charge in [0, 0.05) is 6.54 Å². The molecule has 0 saturated carbocycles. The molecule has 2 aliphatic rings. The van der Waals surface area contributed by atoms with Crippen molar-refractivity contribution in [3.63, 3.8) is 0 Å². The summed E-state index contributed by atoms with van der Waals surface area (Å²) >= 11 is 0. The third-order valence-corrected chi connectivity index (χ3v) is 4.65. The number of unbranched alkanes of at least 4 members (excludes halogenated alkanes) is 1. The van der Waals surface area contributed by atoms with Crippen molar-refractivity contribution in [3.05, 3.63) is 29.3 Å². The fraction of sp³-hybridized carbons (Fsp3) is 0.667. The second-order valence-corrected chi connectivity index (χ2v) is 6.32. The molecule has 1 fully saturated rings. The van der Waals surface area contributed by atoms with E-state index in [0.717, 1.165) is 38.3 Å². The first kappa shape index (κ1) is 14.9. The maximum atomic E-state index is 5.92. The molecule has 0 aliphatic carbocycles. The molecule has 3 heteroatoms. The summed E-state index contributed by atoms with van der Waals surface area (Å²) in [5, 5.41) is 3.42. The van der Waals surface area contributed by atoms with Crippen LogP contribution in [0.15, 0.2) is 18.2 Å². The summed E-state index contributed by atoms with van der Waals surface area (Å²) in [6, 6.07) is 6.58. The van der Waals surface area contributed by atoms with Crippen molar-refractivity contribution in [1.29, 1.82) is 0 Å². The molecule has 0 radical (unpaired) electrons. The monoisotopic (exact) mass is 288 g/mol. The molecule has 1 aromatic carbocycles. The Morgan fingerprint density at radius 1 is 1.05 bits per heavy atom. The number of fused-ring (bicyclic) bond motifs is 1. The Labute approximate surface area is 128 Å². The Bertz CT molecular complexity index is 441. The highest BCUT2D eigenvalue weighted by Gasteiger charge is 2.10. The van der Waals surface area contributed by atoms with Gasteiger partial charge in [-0.2, -0.15) is 0 Å². The van der Waals surface area contributed by atoms with Gasteiger partial charge in [-0.15, -0.1) is 0 Å². The van der Waals surface area contributed by atoms with Crippen molar-refractivity contribution in [1.82, 2.24) is 10.2 Å². The fourth-order valence-corrected chi connectivity index (χ4v) is 3.36. The smallest absolute Gasteiger partial charge is 0.119 e. The summed E-state index contributed by atoms with van der Waals surface area (Å²) in [4.78, 5) is 2.61. The first-order valence-corrected chi connectivity index (χ1v) is 8.59. The highest BCUT2D eigenvalue weighted by Crippen LogP contribution is 2.20. The van der Waals surface area contributed by atoms with E-state index < -0.39 is 0 Å². The number of rotatable bonds is 6. The molecule has 0 bridgehead atoms. The van der Waals surface area contributed by atoms with Crippen LogP contribution in [0.5, 0.6) is 5.75 Å². The Balaban J connectivity index is 1.35. The van der Waals surface area contributed by atoms with E-state index in [-0.39, 0.29) is 0 Å². The van der Waals surface area contributed by atoms with E-state index >= 15 is 0 Å². The molecule has 0 unspecified atom stereocenters. The van der Waals surface area contributed by atoms with Gasteiger partial charge in [-0.3, -0.25) is 0 Å². The third kappa shape index (κ3) is 4.45. The van der Waals surface area contributed by atoms with Crippen LogP contribution in [0.1, 0.15) is 43.2 Å². The number of piperidine rings is 1. The van der Waals surface area contributed by atoms with Crippen molar-refractivity contribution in [2.45, 2.75) is 45.1 Å². The third-order valence-electron chi connectivity index (χ3n) is 4.65. The average Bonchev–Trinajstić information content (AvgIpc) is 2.55. The molecular weight excluding hydrogens is 260 g/mol. The van der Waals surface area contributed by atoms with Gasteiger partial charge in [0.2, 0.25) is 0 Å². The quantitative estimate of drug-likeness (QED) is 0.815. The molecule has 3 rings (SSSR count). The molecule has 0 aromatic heterocycles. The van der Waals surface area contributed by atoms with Crippen LogP contribution in [-0.2, 0) is 13.0 Å². The van der Waals surface area contributed by atoms with Crippen LogP contribution in [0.25, 0.3) is 0 Å². The molecule has 3 nitrogen and oxygen atoms in total. The van der Waals surface area contributed by atoms with E-state index in [1.807, 2.05) is 0 Å². The lowest BCUT2D eigenvalue weighted by atomic mass is 10.0. The lowest BCUT2D eigenvalue weighted by Crippen LogP contribution is -2.30. The van der Waals surface area contributed by atoms with E-state index in [0.29, 0.717) is 0 Å². The van der Waals surface area contributed by atoms with E-state index in [9.17, 15) is 0 Å². The standard InChI is InChI=1S/C18H28N2O/c1-2-10-20(11-3-1)12-4-5-13-21-18-7-6-16-8-9-19-15-17(16)14-18/h6-7,14,19H,1-5,8-13,15H2. The summed E-state index contributed by atoms with van der Waals surface area (Å²) in [5.41, 5.74) is 2.89. The summed E-state index contributed by atoms with van der Waals surface area (Å²) in [6.07, 6.45) is 7.76. The number of likely N-dealkylation sites (tertiary alicyclic amines) is 1. The van der Waals surface area contributed by atoms with Crippen LogP contribution in [-0.4, -0.2) is 37.7 Å². The van der Waals surface area contributed by atoms with Gasteiger partial charge in [-0.05, 0) is 81.5 Å². The van der Waals surface area contributed by atoms with Crippen molar-refractivity contribution in [3.8, 4) is 5.75 Å². The van der Waals surface area contributed by atoms with Crippen LogP contribution in [0.2, 0.25) is 0 Å². The van der Waals surface area contributed by atoms with Crippen molar-refractivity contribution in [2.75, 3.05) is 32.8 Å². The van der Waals surface area contributed by atoms with E-state index in [1.165, 1.54) is 56.4 Å². The highest BCUT2D eigenvalue weighted by atomic mass is 16.5. The minimum Gasteiger partial charge on any atom is -0.494 e. The molecule has 0 spiro atoms. The van der Waals surface area contributed by atoms with E-state index in [2.05, 4.69) is 28.4 Å². The first-order chi connectivity index (χ1) is 10.4. The maximum absolute atomic E-state index is 5.92. The minimum absolute atomic E-state index is 0.847. The Morgan fingerprint density at radius 2 is 1.95 bits per heavy atom. The molecule has 0 atom stereocenters. The summed E-state index contributed by atoms with van der Waals surface area (Å²) in [6.45, 7) is 6.79. The second-order valence-electron chi connectivity index (χ2n) is 6.32. The molecule has 2 aliphatic heterocycles. The van der Waals surface area contributed by atoms with Crippen LogP contribution in [0.4, 0.5) is 0 Å². The lowest BCUT2D eigenvalue weighted by molar-refractivity contribution is 0.216. The molecule has 1 aromatic rings. The molecule has 1 saturated heterocycles. The predicted molar refractivity (Wildman–Crippen MR) is 86.9 cm³/mol. The van der Waals surface area contributed by atoms with Crippen LogP contribution in [0, 0.1) is 0 Å². The Morgan fingerprint density at radius 3 is 2.86 bits per heavy atom. The number of hydrogen-bond acceptors (Lipinski definition) is 3. The molecule has 21 heavy (non-hydrogen) atoms. The topological polar surface area (TPSA) is 24.5 Å². The zero-order valence-corrected chi connectivity index (χ0v) is 13.1. The zero-order valence-electron chi connectivity index (χ0n) is 13.1. The number of benzene rings is 1. The van der Waals surface area contributed by atoms with E-state index in [4.69, 9.17) is 4.74 Å². The number of ether oxygens (including phenoxy) is 1. The molecule has 0 amide bonds. The van der Waals surface area contributed by atoms with Gasteiger partial charge in [-0.25, -0.2) is 0 Å². The van der Waals surface area contributed by atoms with Gasteiger partial charge < -0.3 is 15.0 Å². The molecule has 1 N–H and O–H groups in total. The molecular formula is C18H28N2O. The van der Waals surface area contributed by atoms with Crippen LogP contribution < -0.4 is 10.1 Å². The number of hydrogen-bond donors (Lipinski definition) is 1. The van der Waals surface area contributed by atoms with Crippen molar-refractivity contribution >= 4 is 0 Å². The summed E-state index contributed by atoms with van der Waals surface area (Å²) < 4.78 is 5.92. The second kappa shape index (κ2) is 7.81. The SMILES string of the molecule is c1cc2c(cc1OCCCCN1CCCCC1)CNCC2. The molecule has 116 valence electrons. The van der Waals surface area contributed by atoms with Gasteiger partial charge in [0.25, 0.3) is 0 Å². The first-order valence-electron chi connectivity index (χ1n) is 8.59. The lowest BCUT2D eigenvalue weighted by Gasteiger charge is -2.26. The highest BCUT2D eigenvalue weighted by molar-refractivity contribution is 5.37. The largest absolute Gasteiger partial charge is 0.494 e. The van der Waals surface area contributed by atoms with Crippen LogP contribution >= 0.6 is 0 Å². The van der Waals surface area contributed by atoms with Crippen molar-refractivity contribution in [2.24, 2.45) is 0 Å². The number of nitrogens with zero attached hydrogens (tertiary/aromatic N) is 1. The fourth-order valence-electron chi connectivity index (χ4n) is 3.36. The van der Waals surface area contributed by atoms with Gasteiger partial charge in [-0.1, -0.05) is 12.5 Å².